The Morgan fingerprint density at radius 2 is 1.74 bits per heavy atom. The molecule has 0 saturated carbocycles. The molecular formula is C24H26F2N2O3. The van der Waals surface area contributed by atoms with Gasteiger partial charge in [0.25, 0.3) is 11.8 Å². The fraction of sp³-hybridized carbons (Fsp3) is 0.417. The van der Waals surface area contributed by atoms with E-state index >= 15 is 0 Å². The molecule has 5 nitrogen and oxygen atoms in total. The number of hydrogen-bond acceptors (Lipinski definition) is 3. The molecule has 2 aromatic carbocycles. The van der Waals surface area contributed by atoms with Crippen molar-refractivity contribution in [2.24, 2.45) is 0 Å². The maximum Gasteiger partial charge on any atom is 0.260 e. The number of benzene rings is 2. The first-order valence-corrected chi connectivity index (χ1v) is 10.7. The molecule has 0 N–H and O–H groups in total. The molecule has 7 heteroatoms. The highest BCUT2D eigenvalue weighted by molar-refractivity contribution is 6.07. The van der Waals surface area contributed by atoms with Gasteiger partial charge in [0.2, 0.25) is 0 Å². The highest BCUT2D eigenvalue weighted by atomic mass is 19.1. The Kier molecular flexibility index (Phi) is 5.94. The van der Waals surface area contributed by atoms with Crippen LogP contribution >= 0.6 is 0 Å². The van der Waals surface area contributed by atoms with E-state index in [2.05, 4.69) is 13.8 Å². The molecular weight excluding hydrogens is 402 g/mol. The Balaban J connectivity index is 1.40. The predicted molar refractivity (Wildman–Crippen MR) is 113 cm³/mol. The van der Waals surface area contributed by atoms with Crippen LogP contribution in [0.4, 0.5) is 14.5 Å². The molecule has 1 fully saturated rings. The number of ether oxygens (including phenoxy) is 1. The van der Waals surface area contributed by atoms with Gasteiger partial charge >= 0.3 is 0 Å². The molecule has 2 atom stereocenters. The zero-order valence-electron chi connectivity index (χ0n) is 17.7. The number of anilines is 1. The lowest BCUT2D eigenvalue weighted by molar-refractivity contribution is -0.139. The van der Waals surface area contributed by atoms with Gasteiger partial charge in [0, 0.05) is 35.8 Å². The summed E-state index contributed by atoms with van der Waals surface area (Å²) in [5, 5.41) is 0. The van der Waals surface area contributed by atoms with Crippen molar-refractivity contribution >= 4 is 17.5 Å². The van der Waals surface area contributed by atoms with Crippen LogP contribution in [-0.4, -0.2) is 41.9 Å². The number of fused-ring (bicyclic) bond motifs is 1. The summed E-state index contributed by atoms with van der Waals surface area (Å²) in [6, 6.07) is 8.90. The number of amides is 2. The zero-order valence-corrected chi connectivity index (χ0v) is 17.7. The Bertz CT molecular complexity index is 983. The monoisotopic (exact) mass is 428 g/mol. The molecule has 0 aromatic heterocycles. The van der Waals surface area contributed by atoms with E-state index in [1.54, 1.807) is 24.3 Å². The summed E-state index contributed by atoms with van der Waals surface area (Å²) in [6.45, 7) is 4.36. The maximum atomic E-state index is 14.0. The van der Waals surface area contributed by atoms with Gasteiger partial charge in [0.05, 0.1) is 5.69 Å². The second kappa shape index (κ2) is 8.65. The lowest BCUT2D eigenvalue weighted by atomic mass is 9.97. The van der Waals surface area contributed by atoms with Crippen molar-refractivity contribution in [3.8, 4) is 5.75 Å². The topological polar surface area (TPSA) is 49.9 Å². The summed E-state index contributed by atoms with van der Waals surface area (Å²) < 4.78 is 33.2. The van der Waals surface area contributed by atoms with E-state index in [1.165, 1.54) is 11.0 Å². The van der Waals surface area contributed by atoms with Gasteiger partial charge in [0.15, 0.2) is 6.61 Å². The van der Waals surface area contributed by atoms with Gasteiger partial charge in [-0.05, 0) is 69.9 Å². The summed E-state index contributed by atoms with van der Waals surface area (Å²) in [6.07, 6.45) is 3.48. The van der Waals surface area contributed by atoms with Crippen LogP contribution in [0.5, 0.6) is 5.75 Å². The lowest BCUT2D eigenvalue weighted by Gasteiger charge is -2.38. The normalized spacial score (nSPS) is 20.5. The van der Waals surface area contributed by atoms with Crippen LogP contribution in [0, 0.1) is 11.6 Å². The molecule has 1 saturated heterocycles. The van der Waals surface area contributed by atoms with Crippen molar-refractivity contribution in [2.75, 3.05) is 18.1 Å². The third-order valence-corrected chi connectivity index (χ3v) is 6.20. The fourth-order valence-electron chi connectivity index (χ4n) is 4.62. The van der Waals surface area contributed by atoms with Crippen LogP contribution in [0.1, 0.15) is 49.0 Å². The molecule has 4 rings (SSSR count). The minimum Gasteiger partial charge on any atom is -0.484 e. The van der Waals surface area contributed by atoms with Gasteiger partial charge in [-0.1, -0.05) is 0 Å². The molecule has 2 aliphatic heterocycles. The van der Waals surface area contributed by atoms with E-state index in [9.17, 15) is 18.4 Å². The van der Waals surface area contributed by atoms with Gasteiger partial charge in [0.1, 0.15) is 17.4 Å². The van der Waals surface area contributed by atoms with Crippen molar-refractivity contribution in [1.29, 1.82) is 0 Å². The number of halogens is 2. The average molecular weight is 428 g/mol. The molecule has 31 heavy (non-hydrogen) atoms. The number of likely N-dealkylation sites (tertiary alicyclic amines) is 1. The van der Waals surface area contributed by atoms with Crippen LogP contribution < -0.4 is 9.64 Å². The van der Waals surface area contributed by atoms with Gasteiger partial charge in [-0.25, -0.2) is 8.78 Å². The number of piperidine rings is 1. The van der Waals surface area contributed by atoms with E-state index < -0.39 is 11.6 Å². The first-order valence-electron chi connectivity index (χ1n) is 10.7. The van der Waals surface area contributed by atoms with Crippen molar-refractivity contribution in [1.82, 2.24) is 4.90 Å². The first-order chi connectivity index (χ1) is 14.8. The largest absolute Gasteiger partial charge is 0.484 e. The molecule has 2 amide bonds. The molecule has 164 valence electrons. The molecule has 0 radical (unpaired) electrons. The van der Waals surface area contributed by atoms with Crippen molar-refractivity contribution in [3.63, 3.8) is 0 Å². The summed E-state index contributed by atoms with van der Waals surface area (Å²) in [7, 11) is 0. The predicted octanol–water partition coefficient (Wildman–Crippen LogP) is 4.34. The molecule has 2 heterocycles. The minimum absolute atomic E-state index is 0.0439. The number of nitrogens with zero attached hydrogens (tertiary/aromatic N) is 2. The van der Waals surface area contributed by atoms with Gasteiger partial charge in [-0.2, -0.15) is 0 Å². The Morgan fingerprint density at radius 1 is 1.06 bits per heavy atom. The van der Waals surface area contributed by atoms with E-state index in [0.717, 1.165) is 25.3 Å². The van der Waals surface area contributed by atoms with Crippen LogP contribution in [0.2, 0.25) is 0 Å². The van der Waals surface area contributed by atoms with Crippen molar-refractivity contribution < 1.29 is 23.1 Å². The van der Waals surface area contributed by atoms with E-state index in [-0.39, 0.29) is 36.2 Å². The van der Waals surface area contributed by atoms with E-state index in [0.29, 0.717) is 29.8 Å². The molecule has 0 spiro atoms. The molecule has 0 bridgehead atoms. The second-order valence-electron chi connectivity index (χ2n) is 8.34. The smallest absolute Gasteiger partial charge is 0.260 e. The highest BCUT2D eigenvalue weighted by Crippen LogP contribution is 2.32. The highest BCUT2D eigenvalue weighted by Gasteiger charge is 2.30. The first kappa shape index (κ1) is 21.3. The molecule has 2 aliphatic rings. The Labute approximate surface area is 180 Å². The Hall–Kier alpha value is -2.96. The van der Waals surface area contributed by atoms with Gasteiger partial charge in [-0.3, -0.25) is 9.59 Å². The molecule has 2 unspecified atom stereocenters. The fourth-order valence-corrected chi connectivity index (χ4v) is 4.62. The van der Waals surface area contributed by atoms with Crippen LogP contribution in [0.15, 0.2) is 36.4 Å². The van der Waals surface area contributed by atoms with E-state index in [4.69, 9.17) is 4.74 Å². The average Bonchev–Trinajstić information content (AvgIpc) is 3.16. The summed E-state index contributed by atoms with van der Waals surface area (Å²) >= 11 is 0. The molecule has 0 aliphatic carbocycles. The van der Waals surface area contributed by atoms with Gasteiger partial charge in [-0.15, -0.1) is 0 Å². The number of carbonyl (C=O) groups is 2. The van der Waals surface area contributed by atoms with E-state index in [1.807, 2.05) is 4.90 Å². The summed E-state index contributed by atoms with van der Waals surface area (Å²) in [5.74, 6) is -1.22. The number of carbonyl (C=O) groups excluding carboxylic acids is 2. The third-order valence-electron chi connectivity index (χ3n) is 6.20. The Morgan fingerprint density at radius 3 is 2.42 bits per heavy atom. The van der Waals surface area contributed by atoms with Crippen molar-refractivity contribution in [2.45, 2.75) is 51.6 Å². The maximum absolute atomic E-state index is 14.0. The molecule has 2 aromatic rings. The van der Waals surface area contributed by atoms with Crippen molar-refractivity contribution in [3.05, 3.63) is 59.2 Å². The summed E-state index contributed by atoms with van der Waals surface area (Å²) in [4.78, 5) is 28.7. The SMILES string of the molecule is CC1CCCC(C)N1C(=O)COc1ccc(C(=O)N2CCc3c(F)cc(F)cc32)cc1. The number of hydrogen-bond donors (Lipinski definition) is 0. The standard InChI is InChI=1S/C24H26F2N2O3/c1-15-4-3-5-16(2)28(15)23(29)14-31-19-8-6-17(7-9-19)24(30)27-11-10-20-21(26)12-18(25)13-22(20)27/h6-9,12-13,15-16H,3-5,10-11,14H2,1-2H3. The lowest BCUT2D eigenvalue weighted by Crippen LogP contribution is -2.49. The second-order valence-corrected chi connectivity index (χ2v) is 8.34. The minimum atomic E-state index is -0.707. The van der Waals surface area contributed by atoms with Gasteiger partial charge < -0.3 is 14.5 Å². The zero-order chi connectivity index (χ0) is 22.1. The number of rotatable bonds is 4. The van der Waals surface area contributed by atoms with Crippen LogP contribution in [0.3, 0.4) is 0 Å². The van der Waals surface area contributed by atoms with Crippen LogP contribution in [-0.2, 0) is 11.2 Å². The quantitative estimate of drug-likeness (QED) is 0.728. The third kappa shape index (κ3) is 4.27. The van der Waals surface area contributed by atoms with Crippen LogP contribution in [0.25, 0.3) is 0 Å². The summed E-state index contributed by atoms with van der Waals surface area (Å²) in [5.41, 5.74) is 1.02.